The van der Waals surface area contributed by atoms with Crippen molar-refractivity contribution in [2.24, 2.45) is 0 Å². The number of amides is 1. The molecule has 1 fully saturated rings. The zero-order chi connectivity index (χ0) is 17.3. The Morgan fingerprint density at radius 3 is 2.46 bits per heavy atom. The van der Waals surface area contributed by atoms with Crippen molar-refractivity contribution in [3.05, 3.63) is 47.7 Å². The zero-order valence-corrected chi connectivity index (χ0v) is 13.2. The van der Waals surface area contributed by atoms with Gasteiger partial charge < -0.3 is 14.4 Å². The van der Waals surface area contributed by atoms with Crippen LogP contribution in [-0.2, 0) is 4.79 Å². The Kier molecular flexibility index (Phi) is 4.20. The lowest BCUT2D eigenvalue weighted by molar-refractivity contribution is -0.141. The Labute approximate surface area is 138 Å². The van der Waals surface area contributed by atoms with Crippen LogP contribution in [0.15, 0.2) is 40.8 Å². The van der Waals surface area contributed by atoms with Crippen LogP contribution in [0.25, 0.3) is 11.3 Å². The van der Waals surface area contributed by atoms with Crippen molar-refractivity contribution in [3.8, 4) is 11.3 Å². The maximum Gasteiger partial charge on any atom is 0.326 e. The molecule has 2 heterocycles. The minimum absolute atomic E-state index is 0.0226. The quantitative estimate of drug-likeness (QED) is 0.872. The van der Waals surface area contributed by atoms with E-state index in [-0.39, 0.29) is 11.5 Å². The van der Waals surface area contributed by atoms with Crippen molar-refractivity contribution in [2.75, 3.05) is 6.54 Å². The summed E-state index contributed by atoms with van der Waals surface area (Å²) < 4.78 is 5.60. The number of aliphatic carboxylic acids is 1. The van der Waals surface area contributed by atoms with Gasteiger partial charge in [0.25, 0.3) is 5.91 Å². The summed E-state index contributed by atoms with van der Waals surface area (Å²) in [7, 11) is 0. The fourth-order valence-electron chi connectivity index (χ4n) is 2.89. The highest BCUT2D eigenvalue weighted by Gasteiger charge is 2.35. The zero-order valence-electron chi connectivity index (χ0n) is 13.2. The summed E-state index contributed by atoms with van der Waals surface area (Å²) >= 11 is 0. The molecule has 1 aliphatic heterocycles. The smallest absolute Gasteiger partial charge is 0.326 e. The number of carboxylic acid groups (broad SMARTS) is 1. The second-order valence-corrected chi connectivity index (χ2v) is 5.79. The summed E-state index contributed by atoms with van der Waals surface area (Å²) in [6, 6.07) is 9.32. The van der Waals surface area contributed by atoms with Gasteiger partial charge >= 0.3 is 5.97 Å². The van der Waals surface area contributed by atoms with Crippen molar-refractivity contribution in [3.63, 3.8) is 0 Å². The van der Waals surface area contributed by atoms with E-state index >= 15 is 0 Å². The summed E-state index contributed by atoms with van der Waals surface area (Å²) in [6.07, 6.45) is 1.13. The summed E-state index contributed by atoms with van der Waals surface area (Å²) in [5.41, 5.74) is 1.35. The third kappa shape index (κ3) is 2.95. The number of rotatable bonds is 4. The van der Waals surface area contributed by atoms with E-state index in [2.05, 4.69) is 0 Å². The van der Waals surface area contributed by atoms with E-state index in [1.807, 2.05) is 0 Å². The van der Waals surface area contributed by atoms with E-state index in [9.17, 15) is 19.5 Å². The Morgan fingerprint density at radius 2 is 1.83 bits per heavy atom. The van der Waals surface area contributed by atoms with Gasteiger partial charge in [-0.05, 0) is 31.9 Å². The molecular formula is C18H17NO5. The molecule has 0 spiro atoms. The first-order chi connectivity index (χ1) is 11.5. The maximum absolute atomic E-state index is 12.5. The average Bonchev–Trinajstić information content (AvgIpc) is 3.24. The van der Waals surface area contributed by atoms with Crippen molar-refractivity contribution in [2.45, 2.75) is 25.8 Å². The number of hydrogen-bond acceptors (Lipinski definition) is 4. The molecule has 1 aromatic carbocycles. The number of nitrogens with zero attached hydrogens (tertiary/aromatic N) is 1. The number of likely N-dealkylation sites (tertiary alicyclic amines) is 1. The van der Waals surface area contributed by atoms with E-state index in [1.54, 1.807) is 36.4 Å². The highest BCUT2D eigenvalue weighted by atomic mass is 16.4. The molecule has 1 N–H and O–H groups in total. The molecule has 1 aliphatic rings. The van der Waals surface area contributed by atoms with Crippen LogP contribution in [0, 0.1) is 0 Å². The van der Waals surface area contributed by atoms with E-state index in [4.69, 9.17) is 4.42 Å². The summed E-state index contributed by atoms with van der Waals surface area (Å²) in [4.78, 5) is 36.3. The highest BCUT2D eigenvalue weighted by molar-refractivity contribution is 5.96. The predicted octanol–water partition coefficient (Wildman–Crippen LogP) is 2.84. The van der Waals surface area contributed by atoms with Gasteiger partial charge in [-0.3, -0.25) is 9.59 Å². The number of carbonyl (C=O) groups excluding carboxylic acids is 2. The van der Waals surface area contributed by atoms with E-state index in [0.717, 1.165) is 5.56 Å². The summed E-state index contributed by atoms with van der Waals surface area (Å²) in [5.74, 6) is -0.808. The van der Waals surface area contributed by atoms with Gasteiger partial charge in [0.05, 0.1) is 0 Å². The van der Waals surface area contributed by atoms with Gasteiger partial charge in [0.15, 0.2) is 11.5 Å². The van der Waals surface area contributed by atoms with Gasteiger partial charge in [0.2, 0.25) is 0 Å². The largest absolute Gasteiger partial charge is 0.480 e. The Morgan fingerprint density at radius 1 is 1.12 bits per heavy atom. The minimum Gasteiger partial charge on any atom is -0.480 e. The average molecular weight is 327 g/mol. The van der Waals surface area contributed by atoms with Crippen molar-refractivity contribution >= 4 is 17.7 Å². The molecule has 0 radical (unpaired) electrons. The second kappa shape index (κ2) is 6.31. The maximum atomic E-state index is 12.5. The third-order valence-electron chi connectivity index (χ3n) is 4.19. The second-order valence-electron chi connectivity index (χ2n) is 5.79. The van der Waals surface area contributed by atoms with Crippen LogP contribution in [0.2, 0.25) is 0 Å². The van der Waals surface area contributed by atoms with Crippen LogP contribution >= 0.6 is 0 Å². The molecule has 3 rings (SSSR count). The lowest BCUT2D eigenvalue weighted by Crippen LogP contribution is -2.40. The van der Waals surface area contributed by atoms with Gasteiger partial charge in [-0.1, -0.05) is 24.3 Å². The number of furan rings is 1. The topological polar surface area (TPSA) is 87.8 Å². The number of Topliss-reactive ketones (excluding diaryl/α,β-unsaturated/α-hetero) is 1. The van der Waals surface area contributed by atoms with Crippen LogP contribution in [0.5, 0.6) is 0 Å². The Hall–Kier alpha value is -2.89. The molecule has 1 amide bonds. The predicted molar refractivity (Wildman–Crippen MR) is 85.8 cm³/mol. The molecule has 0 saturated carbocycles. The lowest BCUT2D eigenvalue weighted by atomic mass is 10.1. The van der Waals surface area contributed by atoms with E-state index in [0.29, 0.717) is 30.7 Å². The molecule has 24 heavy (non-hydrogen) atoms. The number of benzene rings is 1. The van der Waals surface area contributed by atoms with Crippen molar-refractivity contribution < 1.29 is 23.9 Å². The highest BCUT2D eigenvalue weighted by Crippen LogP contribution is 2.26. The molecule has 6 heteroatoms. The van der Waals surface area contributed by atoms with Gasteiger partial charge in [-0.25, -0.2) is 4.79 Å². The lowest BCUT2D eigenvalue weighted by Gasteiger charge is -2.19. The molecule has 1 saturated heterocycles. The SMILES string of the molecule is CC(=O)c1ccc(-c2ccc(C(=O)N3CCC[C@@H]3C(=O)O)o2)cc1. The first-order valence-electron chi connectivity index (χ1n) is 7.72. The van der Waals surface area contributed by atoms with E-state index in [1.165, 1.54) is 11.8 Å². The first-order valence-corrected chi connectivity index (χ1v) is 7.72. The van der Waals surface area contributed by atoms with Crippen molar-refractivity contribution in [1.29, 1.82) is 0 Å². The van der Waals surface area contributed by atoms with Crippen molar-refractivity contribution in [1.82, 2.24) is 4.90 Å². The van der Waals surface area contributed by atoms with Crippen LogP contribution in [0.4, 0.5) is 0 Å². The van der Waals surface area contributed by atoms with Gasteiger partial charge in [0, 0.05) is 17.7 Å². The standard InChI is InChI=1S/C18H17NO5/c1-11(20)12-4-6-13(7-5-12)15-8-9-16(24-15)17(21)19-10-2-3-14(19)18(22)23/h4-9,14H,2-3,10H2,1H3,(H,22,23)/t14-/m1/s1. The van der Waals surface area contributed by atoms with Crippen LogP contribution in [-0.4, -0.2) is 40.3 Å². The fraction of sp³-hybridized carbons (Fsp3) is 0.278. The summed E-state index contributed by atoms with van der Waals surface area (Å²) in [6.45, 7) is 1.91. The molecule has 124 valence electrons. The monoisotopic (exact) mass is 327 g/mol. The van der Waals surface area contributed by atoms with Crippen LogP contribution < -0.4 is 0 Å². The Balaban J connectivity index is 1.81. The minimum atomic E-state index is -0.993. The summed E-state index contributed by atoms with van der Waals surface area (Å²) in [5, 5.41) is 9.18. The first kappa shape index (κ1) is 16.0. The molecular weight excluding hydrogens is 310 g/mol. The fourth-order valence-corrected chi connectivity index (χ4v) is 2.89. The number of ketones is 1. The van der Waals surface area contributed by atoms with Crippen LogP contribution in [0.3, 0.4) is 0 Å². The van der Waals surface area contributed by atoms with Gasteiger partial charge in [0.1, 0.15) is 11.8 Å². The number of carbonyl (C=O) groups is 3. The van der Waals surface area contributed by atoms with E-state index < -0.39 is 17.9 Å². The Bertz CT molecular complexity index is 790. The molecule has 0 aliphatic carbocycles. The van der Waals surface area contributed by atoms with Gasteiger partial charge in [-0.2, -0.15) is 0 Å². The molecule has 1 atom stereocenters. The molecule has 6 nitrogen and oxygen atoms in total. The number of hydrogen-bond donors (Lipinski definition) is 1. The van der Waals surface area contributed by atoms with Crippen LogP contribution in [0.1, 0.15) is 40.7 Å². The normalized spacial score (nSPS) is 17.0. The van der Waals surface area contributed by atoms with Gasteiger partial charge in [-0.15, -0.1) is 0 Å². The molecule has 2 aromatic rings. The molecule has 0 bridgehead atoms. The number of carboxylic acids is 1. The molecule has 1 aromatic heterocycles. The third-order valence-corrected chi connectivity index (χ3v) is 4.19. The molecule has 0 unspecified atom stereocenters.